The number of carbonyl (C=O) groups excluding carboxylic acids is 1. The lowest BCUT2D eigenvalue weighted by Crippen LogP contribution is -2.32. The third-order valence-corrected chi connectivity index (χ3v) is 2.98. The first-order valence-electron chi connectivity index (χ1n) is 6.76. The summed E-state index contributed by atoms with van der Waals surface area (Å²) in [4.78, 5) is 14.0. The van der Waals surface area contributed by atoms with Crippen molar-refractivity contribution in [2.24, 2.45) is 5.73 Å². The van der Waals surface area contributed by atoms with Gasteiger partial charge in [0.1, 0.15) is 0 Å². The van der Waals surface area contributed by atoms with E-state index in [4.69, 9.17) is 5.73 Å². The van der Waals surface area contributed by atoms with Crippen molar-refractivity contribution in [1.82, 2.24) is 0 Å². The summed E-state index contributed by atoms with van der Waals surface area (Å²) in [6.45, 7) is 5.47. The fraction of sp³-hybridized carbons (Fsp3) is 0.533. The van der Waals surface area contributed by atoms with E-state index in [1.165, 1.54) is 5.56 Å². The maximum Gasteiger partial charge on any atom is 0.226 e. The SMILES string of the molecule is CCCCC(=O)N(CCCN)c1ccc(C)cc1. The van der Waals surface area contributed by atoms with Crippen LogP contribution in [0.4, 0.5) is 5.69 Å². The standard InChI is InChI=1S/C15H24N2O/c1-3-4-6-15(18)17(12-5-11-16)14-9-7-13(2)8-10-14/h7-10H,3-6,11-12,16H2,1-2H3. The molecule has 1 amide bonds. The van der Waals surface area contributed by atoms with Crippen LogP contribution >= 0.6 is 0 Å². The van der Waals surface area contributed by atoms with Crippen molar-refractivity contribution in [1.29, 1.82) is 0 Å². The van der Waals surface area contributed by atoms with Crippen LogP contribution in [0.3, 0.4) is 0 Å². The summed E-state index contributed by atoms with van der Waals surface area (Å²) in [5, 5.41) is 0. The van der Waals surface area contributed by atoms with E-state index in [9.17, 15) is 4.79 Å². The van der Waals surface area contributed by atoms with Crippen molar-refractivity contribution in [3.63, 3.8) is 0 Å². The molecular weight excluding hydrogens is 224 g/mol. The molecule has 0 heterocycles. The summed E-state index contributed by atoms with van der Waals surface area (Å²) in [6.07, 6.45) is 3.45. The highest BCUT2D eigenvalue weighted by molar-refractivity contribution is 5.93. The van der Waals surface area contributed by atoms with Crippen molar-refractivity contribution >= 4 is 11.6 Å². The summed E-state index contributed by atoms with van der Waals surface area (Å²) in [7, 11) is 0. The number of hydrogen-bond donors (Lipinski definition) is 1. The summed E-state index contributed by atoms with van der Waals surface area (Å²) in [6, 6.07) is 8.10. The Morgan fingerprint density at radius 1 is 1.22 bits per heavy atom. The molecule has 0 aliphatic heterocycles. The molecule has 0 aliphatic carbocycles. The summed E-state index contributed by atoms with van der Waals surface area (Å²) in [5.74, 6) is 0.203. The van der Waals surface area contributed by atoms with Gasteiger partial charge in [0.05, 0.1) is 0 Å². The zero-order valence-electron chi connectivity index (χ0n) is 11.5. The van der Waals surface area contributed by atoms with E-state index in [1.54, 1.807) is 0 Å². The quantitative estimate of drug-likeness (QED) is 0.806. The van der Waals surface area contributed by atoms with Crippen LogP contribution in [0.25, 0.3) is 0 Å². The molecule has 0 saturated carbocycles. The molecule has 0 atom stereocenters. The van der Waals surface area contributed by atoms with E-state index in [0.717, 1.165) is 24.9 Å². The van der Waals surface area contributed by atoms with E-state index in [1.807, 2.05) is 36.1 Å². The molecular formula is C15H24N2O. The molecule has 1 rings (SSSR count). The van der Waals surface area contributed by atoms with E-state index in [-0.39, 0.29) is 5.91 Å². The lowest BCUT2D eigenvalue weighted by atomic mass is 10.1. The molecule has 0 aliphatic rings. The number of benzene rings is 1. The predicted molar refractivity (Wildman–Crippen MR) is 76.7 cm³/mol. The van der Waals surface area contributed by atoms with Crippen LogP contribution in [-0.2, 0) is 4.79 Å². The molecule has 0 aromatic heterocycles. The molecule has 1 aromatic rings. The first-order valence-corrected chi connectivity index (χ1v) is 6.76. The monoisotopic (exact) mass is 248 g/mol. The van der Waals surface area contributed by atoms with Crippen LogP contribution in [0.15, 0.2) is 24.3 Å². The Hall–Kier alpha value is -1.35. The van der Waals surface area contributed by atoms with Gasteiger partial charge in [-0.05, 0) is 38.4 Å². The number of rotatable bonds is 7. The summed E-state index contributed by atoms with van der Waals surface area (Å²) < 4.78 is 0. The number of nitrogens with zero attached hydrogens (tertiary/aromatic N) is 1. The fourth-order valence-electron chi connectivity index (χ4n) is 1.83. The predicted octanol–water partition coefficient (Wildman–Crippen LogP) is 2.87. The highest BCUT2D eigenvalue weighted by Crippen LogP contribution is 2.17. The highest BCUT2D eigenvalue weighted by atomic mass is 16.2. The van der Waals surface area contributed by atoms with E-state index in [2.05, 4.69) is 6.92 Å². The smallest absolute Gasteiger partial charge is 0.226 e. The second-order valence-electron chi connectivity index (χ2n) is 4.63. The maximum atomic E-state index is 12.2. The van der Waals surface area contributed by atoms with Gasteiger partial charge < -0.3 is 10.6 Å². The van der Waals surface area contributed by atoms with Crippen LogP contribution in [0, 0.1) is 6.92 Å². The normalized spacial score (nSPS) is 10.4. The van der Waals surface area contributed by atoms with E-state index in [0.29, 0.717) is 19.5 Å². The van der Waals surface area contributed by atoms with Gasteiger partial charge in [-0.25, -0.2) is 0 Å². The first kappa shape index (κ1) is 14.7. The van der Waals surface area contributed by atoms with E-state index >= 15 is 0 Å². The molecule has 0 fully saturated rings. The minimum atomic E-state index is 0.203. The molecule has 0 saturated heterocycles. The van der Waals surface area contributed by atoms with Crippen LogP contribution < -0.4 is 10.6 Å². The van der Waals surface area contributed by atoms with Gasteiger partial charge in [0.15, 0.2) is 0 Å². The highest BCUT2D eigenvalue weighted by Gasteiger charge is 2.14. The second kappa shape index (κ2) is 7.88. The molecule has 2 N–H and O–H groups in total. The zero-order valence-corrected chi connectivity index (χ0v) is 11.5. The van der Waals surface area contributed by atoms with Gasteiger partial charge in [0.2, 0.25) is 5.91 Å². The van der Waals surface area contributed by atoms with Gasteiger partial charge >= 0.3 is 0 Å². The number of anilines is 1. The average Bonchev–Trinajstić information content (AvgIpc) is 2.38. The largest absolute Gasteiger partial charge is 0.330 e. The van der Waals surface area contributed by atoms with Crippen molar-refractivity contribution in [3.8, 4) is 0 Å². The van der Waals surface area contributed by atoms with Crippen LogP contribution in [0.1, 0.15) is 38.2 Å². The molecule has 18 heavy (non-hydrogen) atoms. The Bertz CT molecular complexity index is 359. The molecule has 0 bridgehead atoms. The van der Waals surface area contributed by atoms with Gasteiger partial charge in [-0.3, -0.25) is 4.79 Å². The Morgan fingerprint density at radius 3 is 2.44 bits per heavy atom. The number of hydrogen-bond acceptors (Lipinski definition) is 2. The Morgan fingerprint density at radius 2 is 1.89 bits per heavy atom. The Labute approximate surface area is 110 Å². The molecule has 100 valence electrons. The molecule has 1 aromatic carbocycles. The second-order valence-corrected chi connectivity index (χ2v) is 4.63. The third-order valence-electron chi connectivity index (χ3n) is 2.98. The molecule has 0 unspecified atom stereocenters. The molecule has 3 nitrogen and oxygen atoms in total. The minimum absolute atomic E-state index is 0.203. The minimum Gasteiger partial charge on any atom is -0.330 e. The lowest BCUT2D eigenvalue weighted by Gasteiger charge is -2.23. The van der Waals surface area contributed by atoms with Crippen LogP contribution in [0.2, 0.25) is 0 Å². The summed E-state index contributed by atoms with van der Waals surface area (Å²) >= 11 is 0. The molecule has 0 radical (unpaired) electrons. The maximum absolute atomic E-state index is 12.2. The van der Waals surface area contributed by atoms with Crippen molar-refractivity contribution < 1.29 is 4.79 Å². The Balaban J connectivity index is 2.76. The summed E-state index contributed by atoms with van der Waals surface area (Å²) in [5.41, 5.74) is 7.73. The zero-order chi connectivity index (χ0) is 13.4. The third kappa shape index (κ3) is 4.49. The van der Waals surface area contributed by atoms with Crippen molar-refractivity contribution in [2.45, 2.75) is 39.5 Å². The molecule has 0 spiro atoms. The van der Waals surface area contributed by atoms with Crippen molar-refractivity contribution in [2.75, 3.05) is 18.0 Å². The average molecular weight is 248 g/mol. The van der Waals surface area contributed by atoms with Gasteiger partial charge in [0, 0.05) is 18.7 Å². The first-order chi connectivity index (χ1) is 8.69. The van der Waals surface area contributed by atoms with Crippen molar-refractivity contribution in [3.05, 3.63) is 29.8 Å². The molecule has 3 heteroatoms. The van der Waals surface area contributed by atoms with Gasteiger partial charge in [-0.1, -0.05) is 31.0 Å². The fourth-order valence-corrected chi connectivity index (χ4v) is 1.83. The number of unbranched alkanes of at least 4 members (excludes halogenated alkanes) is 1. The van der Waals surface area contributed by atoms with Gasteiger partial charge in [-0.15, -0.1) is 0 Å². The lowest BCUT2D eigenvalue weighted by molar-refractivity contribution is -0.118. The number of amides is 1. The van der Waals surface area contributed by atoms with Crippen LogP contribution in [-0.4, -0.2) is 19.0 Å². The Kier molecular flexibility index (Phi) is 6.44. The topological polar surface area (TPSA) is 46.3 Å². The number of nitrogens with two attached hydrogens (primary N) is 1. The van der Waals surface area contributed by atoms with Gasteiger partial charge in [-0.2, -0.15) is 0 Å². The number of aryl methyl sites for hydroxylation is 1. The van der Waals surface area contributed by atoms with Gasteiger partial charge in [0.25, 0.3) is 0 Å². The van der Waals surface area contributed by atoms with E-state index < -0.39 is 0 Å². The van der Waals surface area contributed by atoms with Crippen LogP contribution in [0.5, 0.6) is 0 Å². The number of carbonyl (C=O) groups is 1.